The fourth-order valence-corrected chi connectivity index (χ4v) is 2.91. The van der Waals surface area contributed by atoms with Gasteiger partial charge in [-0.1, -0.05) is 0 Å². The maximum Gasteiger partial charge on any atom is 0.335 e. The van der Waals surface area contributed by atoms with E-state index in [9.17, 15) is 14.0 Å². The van der Waals surface area contributed by atoms with Crippen LogP contribution in [0.25, 0.3) is 0 Å². The van der Waals surface area contributed by atoms with E-state index in [-0.39, 0.29) is 22.1 Å². The maximum atomic E-state index is 13.6. The first-order valence-corrected chi connectivity index (χ1v) is 7.58. The molecule has 5 nitrogen and oxygen atoms in total. The molecule has 7 heteroatoms. The van der Waals surface area contributed by atoms with Gasteiger partial charge in [-0.15, -0.1) is 11.8 Å². The van der Waals surface area contributed by atoms with Crippen LogP contribution in [0, 0.1) is 5.82 Å². The molecule has 1 heterocycles. The van der Waals surface area contributed by atoms with Gasteiger partial charge in [0, 0.05) is 31.1 Å². The molecule has 114 valence electrons. The largest absolute Gasteiger partial charge is 0.478 e. The molecule has 2 rings (SSSR count). The van der Waals surface area contributed by atoms with Crippen LogP contribution in [0.3, 0.4) is 0 Å². The number of thioether (sulfide) groups is 1. The average molecular weight is 312 g/mol. The van der Waals surface area contributed by atoms with Crippen LogP contribution in [0.4, 0.5) is 4.39 Å². The number of amides is 1. The van der Waals surface area contributed by atoms with Crippen molar-refractivity contribution in [1.82, 2.24) is 9.80 Å². The van der Waals surface area contributed by atoms with E-state index < -0.39 is 11.8 Å². The molecule has 0 saturated carbocycles. The number of carbonyl (C=O) groups is 2. The summed E-state index contributed by atoms with van der Waals surface area (Å²) in [5.41, 5.74) is 0.0194. The first kappa shape index (κ1) is 15.8. The van der Waals surface area contributed by atoms with Crippen LogP contribution in [0.15, 0.2) is 23.1 Å². The Balaban J connectivity index is 1.94. The fraction of sp³-hybridized carbons (Fsp3) is 0.429. The van der Waals surface area contributed by atoms with Gasteiger partial charge in [-0.05, 0) is 25.2 Å². The van der Waals surface area contributed by atoms with Crippen molar-refractivity contribution in [2.75, 3.05) is 39.0 Å². The summed E-state index contributed by atoms with van der Waals surface area (Å²) >= 11 is 1.04. The minimum absolute atomic E-state index is 0.0194. The van der Waals surface area contributed by atoms with Gasteiger partial charge in [-0.3, -0.25) is 4.79 Å². The van der Waals surface area contributed by atoms with Gasteiger partial charge in [0.2, 0.25) is 5.91 Å². The molecule has 0 bridgehead atoms. The molecule has 1 saturated heterocycles. The second-order valence-electron chi connectivity index (χ2n) is 4.92. The Morgan fingerprint density at radius 2 is 1.95 bits per heavy atom. The predicted octanol–water partition coefficient (Wildman–Crippen LogP) is 1.39. The lowest BCUT2D eigenvalue weighted by atomic mass is 10.2. The average Bonchev–Trinajstić information content (AvgIpc) is 2.46. The molecule has 1 aromatic carbocycles. The van der Waals surface area contributed by atoms with Gasteiger partial charge < -0.3 is 14.9 Å². The molecule has 1 fully saturated rings. The van der Waals surface area contributed by atoms with Crippen molar-refractivity contribution in [2.24, 2.45) is 0 Å². The maximum absolute atomic E-state index is 13.6. The van der Waals surface area contributed by atoms with Crippen molar-refractivity contribution in [1.29, 1.82) is 0 Å². The Kier molecular flexibility index (Phi) is 5.19. The summed E-state index contributed by atoms with van der Waals surface area (Å²) < 4.78 is 13.6. The van der Waals surface area contributed by atoms with Gasteiger partial charge in [0.15, 0.2) is 0 Å². The zero-order chi connectivity index (χ0) is 15.4. The van der Waals surface area contributed by atoms with E-state index in [0.717, 1.165) is 30.9 Å². The molecule has 0 radical (unpaired) electrons. The molecular weight excluding hydrogens is 295 g/mol. The molecule has 1 aromatic rings. The van der Waals surface area contributed by atoms with Gasteiger partial charge in [0.05, 0.1) is 11.3 Å². The molecule has 21 heavy (non-hydrogen) atoms. The summed E-state index contributed by atoms with van der Waals surface area (Å²) in [4.78, 5) is 27.0. The van der Waals surface area contributed by atoms with Gasteiger partial charge in [0.1, 0.15) is 5.82 Å². The number of halogens is 1. The van der Waals surface area contributed by atoms with E-state index in [1.54, 1.807) is 4.90 Å². The Bertz CT molecular complexity index is 545. The molecule has 0 atom stereocenters. The number of aromatic carboxylic acids is 1. The van der Waals surface area contributed by atoms with E-state index in [0.29, 0.717) is 13.1 Å². The van der Waals surface area contributed by atoms with Crippen molar-refractivity contribution >= 4 is 23.6 Å². The van der Waals surface area contributed by atoms with Crippen molar-refractivity contribution < 1.29 is 19.1 Å². The molecule has 0 spiro atoms. The summed E-state index contributed by atoms with van der Waals surface area (Å²) in [6, 6.07) is 3.59. The molecule has 0 unspecified atom stereocenters. The highest BCUT2D eigenvalue weighted by molar-refractivity contribution is 8.00. The number of carbonyl (C=O) groups excluding carboxylic acids is 1. The highest BCUT2D eigenvalue weighted by Gasteiger charge is 2.19. The van der Waals surface area contributed by atoms with Crippen LogP contribution in [0.1, 0.15) is 10.4 Å². The second-order valence-corrected chi connectivity index (χ2v) is 5.94. The van der Waals surface area contributed by atoms with Crippen LogP contribution < -0.4 is 0 Å². The van der Waals surface area contributed by atoms with E-state index in [1.807, 2.05) is 7.05 Å². The highest BCUT2D eigenvalue weighted by Crippen LogP contribution is 2.23. The number of rotatable bonds is 4. The molecule has 0 aliphatic carbocycles. The molecular formula is C14H17FN2O3S. The lowest BCUT2D eigenvalue weighted by Crippen LogP contribution is -2.47. The monoisotopic (exact) mass is 312 g/mol. The Labute approximate surface area is 126 Å². The van der Waals surface area contributed by atoms with Crippen molar-refractivity contribution in [2.45, 2.75) is 4.90 Å². The molecule has 1 aliphatic heterocycles. The molecule has 1 aliphatic rings. The molecule has 0 aromatic heterocycles. The van der Waals surface area contributed by atoms with Crippen molar-refractivity contribution in [3.63, 3.8) is 0 Å². The number of benzene rings is 1. The predicted molar refractivity (Wildman–Crippen MR) is 78.2 cm³/mol. The standard InChI is InChI=1S/C14H17FN2O3S/c1-16-4-6-17(7-5-16)13(18)9-21-12-8-10(14(19)20)2-3-11(12)15/h2-3,8H,4-7,9H2,1H3,(H,19,20). The summed E-state index contributed by atoms with van der Waals surface area (Å²) in [6.45, 7) is 3.01. The second kappa shape index (κ2) is 6.91. The Morgan fingerprint density at radius 1 is 1.29 bits per heavy atom. The zero-order valence-corrected chi connectivity index (χ0v) is 12.5. The third kappa shape index (κ3) is 4.18. The quantitative estimate of drug-likeness (QED) is 0.851. The van der Waals surface area contributed by atoms with Gasteiger partial charge in [-0.2, -0.15) is 0 Å². The van der Waals surface area contributed by atoms with E-state index >= 15 is 0 Å². The smallest absolute Gasteiger partial charge is 0.335 e. The number of carboxylic acids is 1. The van der Waals surface area contributed by atoms with Gasteiger partial charge in [0.25, 0.3) is 0 Å². The van der Waals surface area contributed by atoms with Gasteiger partial charge >= 0.3 is 5.97 Å². The fourth-order valence-electron chi connectivity index (χ4n) is 2.03. The van der Waals surface area contributed by atoms with Crippen LogP contribution in [-0.4, -0.2) is 65.8 Å². The number of hydrogen-bond acceptors (Lipinski definition) is 4. The van der Waals surface area contributed by atoms with Crippen molar-refractivity contribution in [3.8, 4) is 0 Å². The minimum atomic E-state index is -1.11. The first-order chi connectivity index (χ1) is 9.97. The summed E-state index contributed by atoms with van der Waals surface area (Å²) in [7, 11) is 2.00. The summed E-state index contributed by atoms with van der Waals surface area (Å²) in [5, 5.41) is 8.89. The number of carboxylic acid groups (broad SMARTS) is 1. The first-order valence-electron chi connectivity index (χ1n) is 6.59. The summed E-state index contributed by atoms with van der Waals surface area (Å²) in [6.07, 6.45) is 0. The number of hydrogen-bond donors (Lipinski definition) is 1. The normalized spacial score (nSPS) is 16.0. The lowest BCUT2D eigenvalue weighted by molar-refractivity contribution is -0.129. The van der Waals surface area contributed by atoms with E-state index in [1.165, 1.54) is 12.1 Å². The van der Waals surface area contributed by atoms with Crippen LogP contribution in [0.5, 0.6) is 0 Å². The molecule has 1 amide bonds. The molecule has 1 N–H and O–H groups in total. The Morgan fingerprint density at radius 3 is 2.57 bits per heavy atom. The summed E-state index contributed by atoms with van der Waals surface area (Å²) in [5.74, 6) is -1.55. The SMILES string of the molecule is CN1CCN(C(=O)CSc2cc(C(=O)O)ccc2F)CC1. The number of nitrogens with zero attached hydrogens (tertiary/aromatic N) is 2. The lowest BCUT2D eigenvalue weighted by Gasteiger charge is -2.32. The third-order valence-corrected chi connectivity index (χ3v) is 4.40. The number of piperazine rings is 1. The number of likely N-dealkylation sites (N-methyl/N-ethyl adjacent to an activating group) is 1. The topological polar surface area (TPSA) is 60.9 Å². The minimum Gasteiger partial charge on any atom is -0.478 e. The van der Waals surface area contributed by atoms with Crippen molar-refractivity contribution in [3.05, 3.63) is 29.6 Å². The van der Waals surface area contributed by atoms with Crippen LogP contribution >= 0.6 is 11.8 Å². The third-order valence-electron chi connectivity index (χ3n) is 3.39. The van der Waals surface area contributed by atoms with Crippen LogP contribution in [0.2, 0.25) is 0 Å². The van der Waals surface area contributed by atoms with Crippen LogP contribution in [-0.2, 0) is 4.79 Å². The zero-order valence-electron chi connectivity index (χ0n) is 11.7. The Hall–Kier alpha value is -1.60. The van der Waals surface area contributed by atoms with Gasteiger partial charge in [-0.25, -0.2) is 9.18 Å². The highest BCUT2D eigenvalue weighted by atomic mass is 32.2. The van der Waals surface area contributed by atoms with E-state index in [2.05, 4.69) is 4.90 Å². The van der Waals surface area contributed by atoms with E-state index in [4.69, 9.17) is 5.11 Å².